The van der Waals surface area contributed by atoms with Crippen LogP contribution >= 0.6 is 0 Å². The van der Waals surface area contributed by atoms with Crippen LogP contribution in [0.2, 0.25) is 0 Å². The van der Waals surface area contributed by atoms with Gasteiger partial charge < -0.3 is 10.6 Å². The number of anilines is 2. The highest BCUT2D eigenvalue weighted by Gasteiger charge is 2.17. The van der Waals surface area contributed by atoms with Gasteiger partial charge in [-0.15, -0.1) is 0 Å². The molecule has 0 aliphatic carbocycles. The summed E-state index contributed by atoms with van der Waals surface area (Å²) in [5.41, 5.74) is 5.89. The fourth-order valence-corrected chi connectivity index (χ4v) is 2.46. The number of nitrogens with zero attached hydrogens (tertiary/aromatic N) is 2. The Morgan fingerprint density at radius 2 is 1.91 bits per heavy atom. The third-order valence-corrected chi connectivity index (χ3v) is 3.90. The molecule has 0 saturated carbocycles. The Morgan fingerprint density at radius 3 is 2.45 bits per heavy atom. The highest BCUT2D eigenvalue weighted by atomic mass is 16.2. The molecule has 118 valence electrons. The molecule has 0 aliphatic rings. The number of aryl methyl sites for hydroxylation is 4. The van der Waals surface area contributed by atoms with Crippen molar-refractivity contribution in [3.63, 3.8) is 0 Å². The van der Waals surface area contributed by atoms with Gasteiger partial charge >= 0.3 is 0 Å². The maximum atomic E-state index is 12.4. The molecule has 0 spiro atoms. The van der Waals surface area contributed by atoms with Crippen molar-refractivity contribution in [3.8, 4) is 0 Å². The molecule has 1 atom stereocenters. The van der Waals surface area contributed by atoms with Crippen molar-refractivity contribution in [1.82, 2.24) is 9.78 Å². The molecule has 1 aromatic carbocycles. The third-order valence-electron chi connectivity index (χ3n) is 3.90. The van der Waals surface area contributed by atoms with Crippen LogP contribution in [0.25, 0.3) is 0 Å². The molecule has 5 heteroatoms. The van der Waals surface area contributed by atoms with Crippen molar-refractivity contribution in [2.24, 2.45) is 7.05 Å². The number of benzene rings is 1. The van der Waals surface area contributed by atoms with E-state index < -0.39 is 0 Å². The highest BCUT2D eigenvalue weighted by Crippen LogP contribution is 2.20. The quantitative estimate of drug-likeness (QED) is 0.912. The van der Waals surface area contributed by atoms with E-state index in [4.69, 9.17) is 0 Å². The molecule has 0 saturated heterocycles. The molecule has 0 unspecified atom stereocenters. The zero-order chi connectivity index (χ0) is 16.4. The lowest BCUT2D eigenvalue weighted by Crippen LogP contribution is -2.32. The first-order chi connectivity index (χ1) is 10.3. The summed E-state index contributed by atoms with van der Waals surface area (Å²) in [6.07, 6.45) is 0. The van der Waals surface area contributed by atoms with E-state index in [2.05, 4.69) is 28.7 Å². The standard InChI is InChI=1S/C17H24N4O/c1-10-7-8-15(11(2)9-10)18-13(4)17(22)19-16-12(3)20-21(6)14(16)5/h7-9,13,18H,1-6H3,(H,19,22)/t13-/m0/s1. The summed E-state index contributed by atoms with van der Waals surface area (Å²) in [5.74, 6) is -0.0702. The first-order valence-electron chi connectivity index (χ1n) is 7.44. The molecular formula is C17H24N4O. The number of carbonyl (C=O) groups is 1. The Hall–Kier alpha value is -2.30. The molecular weight excluding hydrogens is 276 g/mol. The number of carbonyl (C=O) groups excluding carboxylic acids is 1. The Balaban J connectivity index is 2.09. The van der Waals surface area contributed by atoms with E-state index in [0.29, 0.717) is 0 Å². The molecule has 2 aromatic rings. The third kappa shape index (κ3) is 3.30. The van der Waals surface area contributed by atoms with Crippen LogP contribution in [0.1, 0.15) is 29.4 Å². The van der Waals surface area contributed by atoms with Crippen LogP contribution < -0.4 is 10.6 Å². The molecule has 0 radical (unpaired) electrons. The van der Waals surface area contributed by atoms with Crippen molar-refractivity contribution in [1.29, 1.82) is 0 Å². The van der Waals surface area contributed by atoms with Crippen LogP contribution in [0.3, 0.4) is 0 Å². The van der Waals surface area contributed by atoms with Crippen molar-refractivity contribution >= 4 is 17.3 Å². The Bertz CT molecular complexity index is 703. The van der Waals surface area contributed by atoms with Gasteiger partial charge in [-0.05, 0) is 46.2 Å². The van der Waals surface area contributed by atoms with E-state index in [0.717, 1.165) is 28.3 Å². The van der Waals surface area contributed by atoms with Gasteiger partial charge in [-0.3, -0.25) is 9.48 Å². The predicted octanol–water partition coefficient (Wildman–Crippen LogP) is 3.09. The predicted molar refractivity (Wildman–Crippen MR) is 90.3 cm³/mol. The van der Waals surface area contributed by atoms with E-state index in [1.54, 1.807) is 4.68 Å². The van der Waals surface area contributed by atoms with Gasteiger partial charge in [0.15, 0.2) is 0 Å². The molecule has 1 amide bonds. The summed E-state index contributed by atoms with van der Waals surface area (Å²) in [5, 5.41) is 10.5. The summed E-state index contributed by atoms with van der Waals surface area (Å²) in [7, 11) is 1.87. The largest absolute Gasteiger partial charge is 0.374 e. The molecule has 2 rings (SSSR count). The van der Waals surface area contributed by atoms with Crippen LogP contribution in [-0.4, -0.2) is 21.7 Å². The lowest BCUT2D eigenvalue weighted by atomic mass is 10.1. The van der Waals surface area contributed by atoms with E-state index in [1.807, 2.05) is 46.9 Å². The Labute approximate surface area is 131 Å². The normalized spacial score (nSPS) is 12.1. The number of hydrogen-bond donors (Lipinski definition) is 2. The van der Waals surface area contributed by atoms with Crippen molar-refractivity contribution in [2.45, 2.75) is 40.7 Å². The maximum Gasteiger partial charge on any atom is 0.246 e. The first-order valence-corrected chi connectivity index (χ1v) is 7.44. The van der Waals surface area contributed by atoms with Crippen LogP contribution in [-0.2, 0) is 11.8 Å². The summed E-state index contributed by atoms with van der Waals surface area (Å²) in [6, 6.07) is 5.81. The van der Waals surface area contributed by atoms with Gasteiger partial charge in [0.1, 0.15) is 6.04 Å². The zero-order valence-corrected chi connectivity index (χ0v) is 14.1. The second kappa shape index (κ2) is 6.22. The van der Waals surface area contributed by atoms with Gasteiger partial charge in [-0.1, -0.05) is 17.7 Å². The molecule has 1 heterocycles. The zero-order valence-electron chi connectivity index (χ0n) is 14.1. The number of rotatable bonds is 4. The van der Waals surface area contributed by atoms with Gasteiger partial charge in [0, 0.05) is 12.7 Å². The van der Waals surface area contributed by atoms with E-state index >= 15 is 0 Å². The number of aromatic nitrogens is 2. The van der Waals surface area contributed by atoms with Crippen LogP contribution in [0.5, 0.6) is 0 Å². The average molecular weight is 300 g/mol. The van der Waals surface area contributed by atoms with Gasteiger partial charge in [0.05, 0.1) is 17.1 Å². The molecule has 5 nitrogen and oxygen atoms in total. The fraction of sp³-hybridized carbons (Fsp3) is 0.412. The van der Waals surface area contributed by atoms with Gasteiger partial charge in [-0.2, -0.15) is 5.10 Å². The number of hydrogen-bond acceptors (Lipinski definition) is 3. The second-order valence-corrected chi connectivity index (χ2v) is 5.84. The number of nitrogens with one attached hydrogen (secondary N) is 2. The summed E-state index contributed by atoms with van der Waals surface area (Å²) >= 11 is 0. The average Bonchev–Trinajstić information content (AvgIpc) is 2.68. The number of amides is 1. The maximum absolute atomic E-state index is 12.4. The Morgan fingerprint density at radius 1 is 1.23 bits per heavy atom. The molecule has 0 fully saturated rings. The topological polar surface area (TPSA) is 59.0 Å². The van der Waals surface area contributed by atoms with Crippen molar-refractivity contribution in [3.05, 3.63) is 40.7 Å². The second-order valence-electron chi connectivity index (χ2n) is 5.84. The van der Waals surface area contributed by atoms with E-state index in [1.165, 1.54) is 5.56 Å². The fourth-order valence-electron chi connectivity index (χ4n) is 2.46. The van der Waals surface area contributed by atoms with Gasteiger partial charge in [0.25, 0.3) is 0 Å². The lowest BCUT2D eigenvalue weighted by Gasteiger charge is -2.17. The summed E-state index contributed by atoms with van der Waals surface area (Å²) < 4.78 is 1.77. The molecule has 0 bridgehead atoms. The van der Waals surface area contributed by atoms with Crippen LogP contribution in [0, 0.1) is 27.7 Å². The van der Waals surface area contributed by atoms with Gasteiger partial charge in [0.2, 0.25) is 5.91 Å². The summed E-state index contributed by atoms with van der Waals surface area (Å²) in [4.78, 5) is 12.4. The van der Waals surface area contributed by atoms with Crippen LogP contribution in [0.15, 0.2) is 18.2 Å². The monoisotopic (exact) mass is 300 g/mol. The highest BCUT2D eigenvalue weighted by molar-refractivity contribution is 5.97. The van der Waals surface area contributed by atoms with Crippen molar-refractivity contribution < 1.29 is 4.79 Å². The smallest absolute Gasteiger partial charge is 0.246 e. The van der Waals surface area contributed by atoms with E-state index in [9.17, 15) is 4.79 Å². The summed E-state index contributed by atoms with van der Waals surface area (Å²) in [6.45, 7) is 9.79. The SMILES string of the molecule is Cc1ccc(N[C@@H](C)C(=O)Nc2c(C)nn(C)c2C)c(C)c1. The van der Waals surface area contributed by atoms with E-state index in [-0.39, 0.29) is 11.9 Å². The van der Waals surface area contributed by atoms with Crippen molar-refractivity contribution in [2.75, 3.05) is 10.6 Å². The minimum Gasteiger partial charge on any atom is -0.374 e. The minimum absolute atomic E-state index is 0.0702. The van der Waals surface area contributed by atoms with Crippen LogP contribution in [0.4, 0.5) is 11.4 Å². The molecule has 1 aromatic heterocycles. The molecule has 22 heavy (non-hydrogen) atoms. The molecule has 0 aliphatic heterocycles. The van der Waals surface area contributed by atoms with Gasteiger partial charge in [-0.25, -0.2) is 0 Å². The molecule has 2 N–H and O–H groups in total. The minimum atomic E-state index is -0.333. The lowest BCUT2D eigenvalue weighted by molar-refractivity contribution is -0.116. The Kier molecular flexibility index (Phi) is 4.54. The first kappa shape index (κ1) is 16.1.